The molecule has 1 atom stereocenters. The summed E-state index contributed by atoms with van der Waals surface area (Å²) in [5.74, 6) is 0.909. The summed E-state index contributed by atoms with van der Waals surface area (Å²) >= 11 is 0. The summed E-state index contributed by atoms with van der Waals surface area (Å²) in [6.07, 6.45) is 0. The molecule has 0 bridgehead atoms. The largest absolute Gasteiger partial charge is 0.493 e. The van der Waals surface area contributed by atoms with Gasteiger partial charge in [0.25, 0.3) is 5.91 Å². The number of amides is 1. The summed E-state index contributed by atoms with van der Waals surface area (Å²) in [5.41, 5.74) is 3.12. The molecule has 2 aromatic carbocycles. The van der Waals surface area contributed by atoms with Crippen LogP contribution in [0.15, 0.2) is 48.5 Å². The van der Waals surface area contributed by atoms with Gasteiger partial charge in [-0.2, -0.15) is 0 Å². The molecule has 0 fully saturated rings. The molecule has 0 aromatic heterocycles. The number of carbonyl (C=O) groups excluding carboxylic acids is 1. The Labute approximate surface area is 138 Å². The number of carbonyl (C=O) groups is 1. The summed E-state index contributed by atoms with van der Waals surface area (Å²) in [5, 5.41) is 2.63. The molecule has 0 aliphatic carbocycles. The fourth-order valence-electron chi connectivity index (χ4n) is 2.60. The van der Waals surface area contributed by atoms with Crippen molar-refractivity contribution < 1.29 is 14.4 Å². The minimum atomic E-state index is -0.0529. The van der Waals surface area contributed by atoms with Crippen molar-refractivity contribution in [1.29, 1.82) is 0 Å². The Hall–Kier alpha value is -2.33. The van der Waals surface area contributed by atoms with E-state index in [-0.39, 0.29) is 5.91 Å². The van der Waals surface area contributed by atoms with Gasteiger partial charge in [0.15, 0.2) is 0 Å². The molecule has 0 heterocycles. The second kappa shape index (κ2) is 8.34. The normalized spacial score (nSPS) is 11.8. The lowest BCUT2D eigenvalue weighted by atomic mass is 10.1. The molecule has 0 radical (unpaired) electrons. The van der Waals surface area contributed by atoms with Gasteiger partial charge in [-0.05, 0) is 31.2 Å². The quantitative estimate of drug-likeness (QED) is 0.816. The summed E-state index contributed by atoms with van der Waals surface area (Å²) in [6.45, 7) is 4.47. The number of ether oxygens (including phenoxy) is 1. The molecule has 4 heteroatoms. The first-order chi connectivity index (χ1) is 11.1. The van der Waals surface area contributed by atoms with Crippen LogP contribution in [0.3, 0.4) is 0 Å². The van der Waals surface area contributed by atoms with Gasteiger partial charge in [0, 0.05) is 23.7 Å². The molecule has 23 heavy (non-hydrogen) atoms. The van der Waals surface area contributed by atoms with Gasteiger partial charge in [0.1, 0.15) is 18.8 Å². The Kier molecular flexibility index (Phi) is 6.18. The van der Waals surface area contributed by atoms with Gasteiger partial charge in [-0.15, -0.1) is 0 Å². The number of quaternary nitrogens is 1. The van der Waals surface area contributed by atoms with Crippen molar-refractivity contribution in [2.75, 3.05) is 20.7 Å². The van der Waals surface area contributed by atoms with E-state index >= 15 is 0 Å². The number of hydrogen-bond acceptors (Lipinski definition) is 2. The first-order valence-electron chi connectivity index (χ1n) is 7.97. The van der Waals surface area contributed by atoms with Gasteiger partial charge in [0.2, 0.25) is 0 Å². The van der Waals surface area contributed by atoms with Gasteiger partial charge < -0.3 is 15.0 Å². The zero-order valence-electron chi connectivity index (χ0n) is 14.1. The Bertz CT molecular complexity index is 638. The fourth-order valence-corrected chi connectivity index (χ4v) is 2.60. The maximum absolute atomic E-state index is 11.6. The maximum atomic E-state index is 11.6. The van der Waals surface area contributed by atoms with Crippen LogP contribution in [0.1, 0.15) is 28.4 Å². The lowest BCUT2D eigenvalue weighted by Gasteiger charge is -2.16. The molecule has 2 aromatic rings. The van der Waals surface area contributed by atoms with Crippen LogP contribution in [0, 0.1) is 0 Å². The highest BCUT2D eigenvalue weighted by atomic mass is 16.5. The van der Waals surface area contributed by atoms with E-state index in [4.69, 9.17) is 4.74 Å². The molecule has 0 aliphatic heterocycles. The van der Waals surface area contributed by atoms with Gasteiger partial charge in [-0.25, -0.2) is 0 Å². The van der Waals surface area contributed by atoms with E-state index in [1.165, 1.54) is 16.0 Å². The zero-order chi connectivity index (χ0) is 16.7. The topological polar surface area (TPSA) is 42.8 Å². The number of rotatable bonds is 7. The highest BCUT2D eigenvalue weighted by Gasteiger charge is 2.10. The van der Waals surface area contributed by atoms with Crippen molar-refractivity contribution in [3.63, 3.8) is 0 Å². The molecular formula is C19H25N2O2+. The van der Waals surface area contributed by atoms with Crippen LogP contribution in [-0.4, -0.2) is 26.6 Å². The predicted molar refractivity (Wildman–Crippen MR) is 91.7 cm³/mol. The minimum absolute atomic E-state index is 0.0529. The molecule has 4 nitrogen and oxygen atoms in total. The van der Waals surface area contributed by atoms with E-state index in [1.807, 2.05) is 49.4 Å². The third kappa shape index (κ3) is 4.83. The van der Waals surface area contributed by atoms with Gasteiger partial charge in [-0.3, -0.25) is 4.79 Å². The average molecular weight is 313 g/mol. The number of nitrogens with one attached hydrogen (secondary N) is 2. The summed E-state index contributed by atoms with van der Waals surface area (Å²) < 4.78 is 5.68. The SMILES string of the molecule is CCOc1ccccc1C[NH+](C)Cc1ccc(C(=O)NC)cc1. The van der Waals surface area contributed by atoms with Crippen molar-refractivity contribution in [1.82, 2.24) is 5.32 Å². The van der Waals surface area contributed by atoms with Gasteiger partial charge in [-0.1, -0.05) is 24.3 Å². The molecule has 0 saturated carbocycles. The predicted octanol–water partition coefficient (Wildman–Crippen LogP) is 1.66. The Morgan fingerprint density at radius 2 is 1.78 bits per heavy atom. The van der Waals surface area contributed by atoms with Crippen LogP contribution in [0.2, 0.25) is 0 Å². The first kappa shape index (κ1) is 17.0. The van der Waals surface area contributed by atoms with E-state index in [0.29, 0.717) is 12.2 Å². The highest BCUT2D eigenvalue weighted by Crippen LogP contribution is 2.16. The van der Waals surface area contributed by atoms with Gasteiger partial charge in [0.05, 0.1) is 13.7 Å². The van der Waals surface area contributed by atoms with E-state index in [1.54, 1.807) is 7.05 Å². The Balaban J connectivity index is 1.99. The van der Waals surface area contributed by atoms with E-state index < -0.39 is 0 Å². The third-order valence-corrected chi connectivity index (χ3v) is 3.71. The van der Waals surface area contributed by atoms with Crippen LogP contribution < -0.4 is 15.0 Å². The van der Waals surface area contributed by atoms with Crippen molar-refractivity contribution in [2.45, 2.75) is 20.0 Å². The molecule has 0 aliphatic rings. The third-order valence-electron chi connectivity index (χ3n) is 3.71. The molecule has 2 rings (SSSR count). The van der Waals surface area contributed by atoms with Crippen molar-refractivity contribution in [2.24, 2.45) is 0 Å². The lowest BCUT2D eigenvalue weighted by Crippen LogP contribution is -3.06. The average Bonchev–Trinajstić information content (AvgIpc) is 2.57. The standard InChI is InChI=1S/C19H24N2O2/c1-4-23-18-8-6-5-7-17(18)14-21(3)13-15-9-11-16(12-10-15)19(22)20-2/h5-12H,4,13-14H2,1-3H3,(H,20,22)/p+1. The fraction of sp³-hybridized carbons (Fsp3) is 0.316. The molecule has 1 unspecified atom stereocenters. The first-order valence-corrected chi connectivity index (χ1v) is 7.97. The van der Waals surface area contributed by atoms with E-state index in [9.17, 15) is 4.79 Å². The van der Waals surface area contributed by atoms with Crippen LogP contribution >= 0.6 is 0 Å². The van der Waals surface area contributed by atoms with Crippen LogP contribution in [0.4, 0.5) is 0 Å². The molecular weight excluding hydrogens is 288 g/mol. The van der Waals surface area contributed by atoms with Crippen molar-refractivity contribution in [3.05, 3.63) is 65.2 Å². The number of hydrogen-bond donors (Lipinski definition) is 2. The van der Waals surface area contributed by atoms with E-state index in [2.05, 4.69) is 18.4 Å². The van der Waals surface area contributed by atoms with Gasteiger partial charge >= 0.3 is 0 Å². The van der Waals surface area contributed by atoms with Crippen molar-refractivity contribution in [3.8, 4) is 5.75 Å². The zero-order valence-corrected chi connectivity index (χ0v) is 14.1. The molecule has 2 N–H and O–H groups in total. The number of benzene rings is 2. The molecule has 122 valence electrons. The number of para-hydroxylation sites is 1. The highest BCUT2D eigenvalue weighted by molar-refractivity contribution is 5.93. The van der Waals surface area contributed by atoms with Crippen LogP contribution in [0.5, 0.6) is 5.75 Å². The summed E-state index contributed by atoms with van der Waals surface area (Å²) in [6, 6.07) is 16.0. The molecule has 1 amide bonds. The second-order valence-electron chi connectivity index (χ2n) is 5.63. The summed E-state index contributed by atoms with van der Waals surface area (Å²) in [7, 11) is 3.80. The van der Waals surface area contributed by atoms with Crippen molar-refractivity contribution >= 4 is 5.91 Å². The molecule has 0 spiro atoms. The van der Waals surface area contributed by atoms with E-state index in [0.717, 1.165) is 18.8 Å². The van der Waals surface area contributed by atoms with Crippen LogP contribution in [-0.2, 0) is 13.1 Å². The lowest BCUT2D eigenvalue weighted by molar-refractivity contribution is -0.907. The second-order valence-corrected chi connectivity index (χ2v) is 5.63. The molecule has 0 saturated heterocycles. The van der Waals surface area contributed by atoms with Crippen LogP contribution in [0.25, 0.3) is 0 Å². The maximum Gasteiger partial charge on any atom is 0.251 e. The smallest absolute Gasteiger partial charge is 0.251 e. The minimum Gasteiger partial charge on any atom is -0.493 e. The monoisotopic (exact) mass is 313 g/mol. The Morgan fingerprint density at radius 3 is 2.43 bits per heavy atom. The summed E-state index contributed by atoms with van der Waals surface area (Å²) in [4.78, 5) is 12.9. The Morgan fingerprint density at radius 1 is 1.09 bits per heavy atom.